The average Bonchev–Trinajstić information content (AvgIpc) is 1.79. The lowest BCUT2D eigenvalue weighted by molar-refractivity contribution is -0.0429. The van der Waals surface area contributed by atoms with Crippen molar-refractivity contribution in [3.8, 4) is 0 Å². The van der Waals surface area contributed by atoms with Crippen molar-refractivity contribution in [1.82, 2.24) is 0 Å². The topological polar surface area (TPSA) is 9.23 Å². The van der Waals surface area contributed by atoms with Crippen molar-refractivity contribution in [2.45, 2.75) is 58.7 Å². The van der Waals surface area contributed by atoms with E-state index in [0.29, 0.717) is 0 Å². The monoisotopic (exact) mass is 157 g/mol. The van der Waals surface area contributed by atoms with Gasteiger partial charge in [-0.05, 0) is 34.1 Å². The van der Waals surface area contributed by atoms with Crippen LogP contribution >= 0.6 is 0 Å². The van der Waals surface area contributed by atoms with Crippen LogP contribution in [0.25, 0.3) is 0 Å². The maximum Gasteiger partial charge on any atom is 0.0602 e. The van der Waals surface area contributed by atoms with Gasteiger partial charge in [-0.2, -0.15) is 0 Å². The van der Waals surface area contributed by atoms with Crippen LogP contribution in [0.3, 0.4) is 0 Å². The highest BCUT2D eigenvalue weighted by Crippen LogP contribution is 2.13. The Morgan fingerprint density at radius 3 is 2.27 bits per heavy atom. The van der Waals surface area contributed by atoms with E-state index < -0.39 is 0 Å². The Labute approximate surface area is 71.1 Å². The largest absolute Gasteiger partial charge is 0.373 e. The van der Waals surface area contributed by atoms with Crippen molar-refractivity contribution < 1.29 is 4.74 Å². The summed E-state index contributed by atoms with van der Waals surface area (Å²) in [7, 11) is 0. The van der Waals surface area contributed by atoms with Crippen LogP contribution in [0.15, 0.2) is 0 Å². The molecule has 0 aliphatic carbocycles. The van der Waals surface area contributed by atoms with Gasteiger partial charge in [0.2, 0.25) is 0 Å². The number of ether oxygens (including phenoxy) is 1. The molecule has 0 fully saturated rings. The molecule has 0 N–H and O–H groups in total. The van der Waals surface area contributed by atoms with Gasteiger partial charge in [0, 0.05) is 0 Å². The first-order valence-electron chi connectivity index (χ1n) is 4.46. The summed E-state index contributed by atoms with van der Waals surface area (Å²) in [6.07, 6.45) is 3.67. The summed E-state index contributed by atoms with van der Waals surface area (Å²) in [4.78, 5) is 0. The predicted molar refractivity (Wildman–Crippen MR) is 49.5 cm³/mol. The van der Waals surface area contributed by atoms with Gasteiger partial charge in [0.15, 0.2) is 0 Å². The minimum atomic E-state index is -0.0415. The van der Waals surface area contributed by atoms with Crippen LogP contribution in [0.1, 0.15) is 47.0 Å². The molecule has 0 aliphatic heterocycles. The third kappa shape index (κ3) is 7.86. The highest BCUT2D eigenvalue weighted by Gasteiger charge is 2.14. The number of rotatable bonds is 4. The molecule has 0 saturated heterocycles. The van der Waals surface area contributed by atoms with Gasteiger partial charge in [0.1, 0.15) is 0 Å². The van der Waals surface area contributed by atoms with Gasteiger partial charge in [-0.1, -0.05) is 19.8 Å². The van der Waals surface area contributed by atoms with E-state index in [0.717, 1.165) is 6.42 Å². The van der Waals surface area contributed by atoms with Gasteiger partial charge >= 0.3 is 0 Å². The summed E-state index contributed by atoms with van der Waals surface area (Å²) >= 11 is 0. The Kier molecular flexibility index (Phi) is 4.74. The van der Waals surface area contributed by atoms with Crippen LogP contribution in [0.2, 0.25) is 0 Å². The summed E-state index contributed by atoms with van der Waals surface area (Å²) in [6.45, 7) is 12.3. The zero-order chi connectivity index (χ0) is 8.91. The molecule has 67 valence electrons. The highest BCUT2D eigenvalue weighted by atomic mass is 16.5. The number of hydrogen-bond donors (Lipinski definition) is 0. The van der Waals surface area contributed by atoms with Crippen molar-refractivity contribution in [2.75, 3.05) is 0 Å². The van der Waals surface area contributed by atoms with Gasteiger partial charge in [-0.15, -0.1) is 0 Å². The Hall–Kier alpha value is -0.0400. The second-order valence-electron chi connectivity index (χ2n) is 3.99. The first-order valence-corrected chi connectivity index (χ1v) is 4.46. The van der Waals surface area contributed by atoms with Crippen molar-refractivity contribution in [3.05, 3.63) is 6.92 Å². The third-order valence-corrected chi connectivity index (χ3v) is 1.40. The normalized spacial score (nSPS) is 15.0. The second-order valence-corrected chi connectivity index (χ2v) is 3.99. The summed E-state index contributed by atoms with van der Waals surface area (Å²) in [6, 6.07) is 0. The molecular weight excluding hydrogens is 136 g/mol. The maximum atomic E-state index is 5.63. The molecule has 1 heteroatoms. The fourth-order valence-electron chi connectivity index (χ4n) is 0.991. The fourth-order valence-corrected chi connectivity index (χ4v) is 0.991. The SMILES string of the molecule is [CH2]C(CCCC)OC(C)(C)C. The van der Waals surface area contributed by atoms with E-state index in [4.69, 9.17) is 4.74 Å². The van der Waals surface area contributed by atoms with E-state index >= 15 is 0 Å². The maximum absolute atomic E-state index is 5.63. The minimum Gasteiger partial charge on any atom is -0.373 e. The summed E-state index contributed by atoms with van der Waals surface area (Å²) < 4.78 is 5.63. The second kappa shape index (κ2) is 4.76. The Morgan fingerprint density at radius 2 is 1.91 bits per heavy atom. The standard InChI is InChI=1S/C10H21O/c1-6-7-8-9(2)11-10(3,4)5/h9H,2,6-8H2,1,3-5H3. The molecule has 0 aromatic heterocycles. The lowest BCUT2D eigenvalue weighted by Crippen LogP contribution is -2.25. The molecule has 11 heavy (non-hydrogen) atoms. The molecule has 1 radical (unpaired) electrons. The van der Waals surface area contributed by atoms with Gasteiger partial charge in [0.05, 0.1) is 11.7 Å². The van der Waals surface area contributed by atoms with Crippen molar-refractivity contribution >= 4 is 0 Å². The lowest BCUT2D eigenvalue weighted by atomic mass is 10.1. The first kappa shape index (κ1) is 11.0. The zero-order valence-corrected chi connectivity index (χ0v) is 8.31. The number of unbranched alkanes of at least 4 members (excludes halogenated alkanes) is 1. The van der Waals surface area contributed by atoms with Crippen LogP contribution in [-0.4, -0.2) is 11.7 Å². The van der Waals surface area contributed by atoms with Gasteiger partial charge in [0.25, 0.3) is 0 Å². The van der Waals surface area contributed by atoms with E-state index in [-0.39, 0.29) is 11.7 Å². The van der Waals surface area contributed by atoms with E-state index in [9.17, 15) is 0 Å². The van der Waals surface area contributed by atoms with Gasteiger partial charge in [-0.3, -0.25) is 0 Å². The summed E-state index contributed by atoms with van der Waals surface area (Å²) in [5.74, 6) is 0. The van der Waals surface area contributed by atoms with E-state index in [2.05, 4.69) is 34.6 Å². The molecule has 0 amide bonds. The number of hydrogen-bond acceptors (Lipinski definition) is 1. The van der Waals surface area contributed by atoms with Gasteiger partial charge in [-0.25, -0.2) is 0 Å². The smallest absolute Gasteiger partial charge is 0.0602 e. The summed E-state index contributed by atoms with van der Waals surface area (Å²) in [5.41, 5.74) is -0.0415. The zero-order valence-electron chi connectivity index (χ0n) is 8.31. The van der Waals surface area contributed by atoms with Crippen molar-refractivity contribution in [1.29, 1.82) is 0 Å². The van der Waals surface area contributed by atoms with Crippen molar-refractivity contribution in [3.63, 3.8) is 0 Å². The molecule has 1 unspecified atom stereocenters. The van der Waals surface area contributed by atoms with Crippen molar-refractivity contribution in [2.24, 2.45) is 0 Å². The van der Waals surface area contributed by atoms with Crippen LogP contribution in [0.4, 0.5) is 0 Å². The quantitative estimate of drug-likeness (QED) is 0.609. The average molecular weight is 157 g/mol. The molecule has 0 aliphatic rings. The Balaban J connectivity index is 3.44. The predicted octanol–water partition coefficient (Wildman–Crippen LogP) is 3.19. The fraction of sp³-hybridized carbons (Fsp3) is 0.900. The Bertz CT molecular complexity index is 91.5. The van der Waals surface area contributed by atoms with E-state index in [1.807, 2.05) is 0 Å². The molecular formula is C10H21O. The van der Waals surface area contributed by atoms with Crippen LogP contribution in [-0.2, 0) is 4.74 Å². The van der Waals surface area contributed by atoms with Crippen LogP contribution in [0.5, 0.6) is 0 Å². The molecule has 0 bridgehead atoms. The van der Waals surface area contributed by atoms with E-state index in [1.54, 1.807) is 0 Å². The first-order chi connectivity index (χ1) is 4.95. The van der Waals surface area contributed by atoms with Crippen LogP contribution in [0, 0.1) is 6.92 Å². The molecule has 0 rings (SSSR count). The molecule has 1 nitrogen and oxygen atoms in total. The molecule has 0 heterocycles. The Morgan fingerprint density at radius 1 is 1.36 bits per heavy atom. The molecule has 1 atom stereocenters. The lowest BCUT2D eigenvalue weighted by Gasteiger charge is -2.24. The molecule has 0 saturated carbocycles. The molecule has 0 aromatic carbocycles. The third-order valence-electron chi connectivity index (χ3n) is 1.40. The van der Waals surface area contributed by atoms with Crippen LogP contribution < -0.4 is 0 Å². The van der Waals surface area contributed by atoms with E-state index in [1.165, 1.54) is 12.8 Å². The molecule has 0 spiro atoms. The van der Waals surface area contributed by atoms with Gasteiger partial charge < -0.3 is 4.74 Å². The minimum absolute atomic E-state index is 0.0415. The summed E-state index contributed by atoms with van der Waals surface area (Å²) in [5, 5.41) is 0. The highest BCUT2D eigenvalue weighted by molar-refractivity contribution is 4.67. The molecule has 0 aromatic rings.